The van der Waals surface area contributed by atoms with E-state index in [4.69, 9.17) is 0 Å². The molecule has 0 bridgehead atoms. The van der Waals surface area contributed by atoms with E-state index in [-0.39, 0.29) is 0 Å². The summed E-state index contributed by atoms with van der Waals surface area (Å²) < 4.78 is 6.85. The van der Waals surface area contributed by atoms with Gasteiger partial charge in [0.15, 0.2) is 0 Å². The quantitative estimate of drug-likeness (QED) is 0.101. The van der Waals surface area contributed by atoms with Crippen molar-refractivity contribution in [2.75, 3.05) is 0 Å². The number of hydrogen-bond acceptors (Lipinski definition) is 1. The molecule has 0 radical (unpaired) electrons. The van der Waals surface area contributed by atoms with Crippen LogP contribution < -0.4 is 2.89 Å². The van der Waals surface area contributed by atoms with Crippen molar-refractivity contribution in [2.24, 2.45) is 0 Å². The van der Waals surface area contributed by atoms with Crippen LogP contribution in [0.15, 0.2) is 17.5 Å². The molecular formula is C28H54SSn. The monoisotopic (exact) mass is 542 g/mol. The van der Waals surface area contributed by atoms with Crippen molar-refractivity contribution in [3.63, 3.8) is 0 Å². The molecule has 0 aliphatic carbocycles. The first-order chi connectivity index (χ1) is 14.8. The molecule has 0 saturated heterocycles. The van der Waals surface area contributed by atoms with E-state index in [0.717, 1.165) is 0 Å². The van der Waals surface area contributed by atoms with Gasteiger partial charge in [-0.3, -0.25) is 0 Å². The second kappa shape index (κ2) is 20.1. The molecule has 0 amide bonds. The second-order valence-corrected chi connectivity index (χ2v) is 24.9. The van der Waals surface area contributed by atoms with Crippen molar-refractivity contribution in [2.45, 2.75) is 150 Å². The molecule has 0 aliphatic rings. The molecule has 0 aliphatic heterocycles. The summed E-state index contributed by atoms with van der Waals surface area (Å²) in [5.74, 6) is 0. The van der Waals surface area contributed by atoms with Crippen molar-refractivity contribution in [1.29, 1.82) is 0 Å². The Hall–Kier alpha value is 0.499. The minimum atomic E-state index is -2.22. The summed E-state index contributed by atoms with van der Waals surface area (Å²) in [6.07, 6.45) is 26.3. The van der Waals surface area contributed by atoms with Gasteiger partial charge in [-0.05, 0) is 0 Å². The summed E-state index contributed by atoms with van der Waals surface area (Å²) in [6, 6.07) is 4.92. The molecule has 1 aromatic heterocycles. The maximum atomic E-state index is 2.56. The first-order valence-electron chi connectivity index (χ1n) is 13.8. The van der Waals surface area contributed by atoms with Crippen LogP contribution in [0.5, 0.6) is 0 Å². The molecular weight excluding hydrogens is 487 g/mol. The van der Waals surface area contributed by atoms with Crippen molar-refractivity contribution in [1.82, 2.24) is 0 Å². The van der Waals surface area contributed by atoms with Gasteiger partial charge in [0.25, 0.3) is 0 Å². The zero-order valence-corrected chi connectivity index (χ0v) is 24.7. The Morgan fingerprint density at radius 3 is 1.23 bits per heavy atom. The van der Waals surface area contributed by atoms with Crippen LogP contribution >= 0.6 is 11.3 Å². The summed E-state index contributed by atoms with van der Waals surface area (Å²) in [6.45, 7) is 7.00. The Kier molecular flexibility index (Phi) is 19.1. The van der Waals surface area contributed by atoms with Crippen molar-refractivity contribution in [3.8, 4) is 0 Å². The SMILES string of the molecule is CCCCCCC[CH2][Sn]([CH2]CCCCCCC)([CH2]CCCCCCC)[c]1cccs1. The van der Waals surface area contributed by atoms with Crippen LogP contribution in [0.2, 0.25) is 13.3 Å². The van der Waals surface area contributed by atoms with Gasteiger partial charge >= 0.3 is 200 Å². The third kappa shape index (κ3) is 13.1. The van der Waals surface area contributed by atoms with E-state index in [1.54, 1.807) is 13.3 Å². The van der Waals surface area contributed by atoms with Gasteiger partial charge in [0, 0.05) is 0 Å². The molecule has 30 heavy (non-hydrogen) atoms. The zero-order chi connectivity index (χ0) is 21.8. The number of rotatable bonds is 22. The van der Waals surface area contributed by atoms with Crippen LogP contribution in [0, 0.1) is 0 Å². The van der Waals surface area contributed by atoms with Crippen molar-refractivity contribution < 1.29 is 0 Å². The first kappa shape index (κ1) is 28.5. The zero-order valence-electron chi connectivity index (χ0n) is 21.0. The van der Waals surface area contributed by atoms with Gasteiger partial charge in [-0.25, -0.2) is 0 Å². The van der Waals surface area contributed by atoms with Crippen LogP contribution in [-0.4, -0.2) is 18.4 Å². The standard InChI is InChI=1S/3C8H17.C4H3S.Sn/c3*1-3-5-7-8-6-4-2;1-2-4-5-3-1;/h3*1,3-8H2,2H3;1-3H;. The average Bonchev–Trinajstić information content (AvgIpc) is 3.30. The maximum absolute atomic E-state index is 2.56. The van der Waals surface area contributed by atoms with Crippen LogP contribution in [0.25, 0.3) is 0 Å². The van der Waals surface area contributed by atoms with Gasteiger partial charge in [-0.2, -0.15) is 0 Å². The molecule has 1 aromatic rings. The Morgan fingerprint density at radius 2 is 0.900 bits per heavy atom. The summed E-state index contributed by atoms with van der Waals surface area (Å²) in [4.78, 5) is 0. The molecule has 2 heteroatoms. The normalized spacial score (nSPS) is 12.0. The third-order valence-corrected chi connectivity index (χ3v) is 26.3. The summed E-state index contributed by atoms with van der Waals surface area (Å²) in [7, 11) is 0. The predicted octanol–water partition coefficient (Wildman–Crippen LogP) is 10.5. The fraction of sp³-hybridized carbons (Fsp3) is 0.857. The third-order valence-electron chi connectivity index (χ3n) is 7.07. The number of unbranched alkanes of at least 4 members (excludes halogenated alkanes) is 15. The minimum absolute atomic E-state index is 1.37. The molecule has 0 fully saturated rings. The molecule has 0 saturated carbocycles. The molecule has 176 valence electrons. The number of hydrogen-bond donors (Lipinski definition) is 0. The Balaban J connectivity index is 2.62. The molecule has 0 N–H and O–H groups in total. The Morgan fingerprint density at radius 1 is 0.533 bits per heavy atom. The van der Waals surface area contributed by atoms with E-state index in [1.165, 1.54) is 116 Å². The van der Waals surface area contributed by atoms with Gasteiger partial charge in [0.1, 0.15) is 0 Å². The van der Waals surface area contributed by atoms with E-state index in [1.807, 2.05) is 2.89 Å². The van der Waals surface area contributed by atoms with Gasteiger partial charge in [0.2, 0.25) is 0 Å². The topological polar surface area (TPSA) is 0 Å². The predicted molar refractivity (Wildman–Crippen MR) is 144 cm³/mol. The van der Waals surface area contributed by atoms with Gasteiger partial charge in [0.05, 0.1) is 0 Å². The fourth-order valence-electron chi connectivity index (χ4n) is 5.06. The van der Waals surface area contributed by atoms with Crippen molar-refractivity contribution in [3.05, 3.63) is 17.5 Å². The van der Waals surface area contributed by atoms with Gasteiger partial charge in [-0.15, -0.1) is 0 Å². The molecule has 0 atom stereocenters. The fourth-order valence-corrected chi connectivity index (χ4v) is 24.0. The first-order valence-corrected chi connectivity index (χ1v) is 22.2. The average molecular weight is 542 g/mol. The van der Waals surface area contributed by atoms with E-state index < -0.39 is 18.4 Å². The van der Waals surface area contributed by atoms with Crippen LogP contribution in [0.4, 0.5) is 0 Å². The number of thiophene rings is 1. The van der Waals surface area contributed by atoms with E-state index in [9.17, 15) is 0 Å². The van der Waals surface area contributed by atoms with E-state index >= 15 is 0 Å². The van der Waals surface area contributed by atoms with Gasteiger partial charge < -0.3 is 0 Å². The Labute approximate surface area is 198 Å². The molecule has 0 spiro atoms. The summed E-state index contributed by atoms with van der Waals surface area (Å²) in [5.41, 5.74) is 0. The second-order valence-electron chi connectivity index (χ2n) is 9.81. The van der Waals surface area contributed by atoms with E-state index in [0.29, 0.717) is 0 Å². The van der Waals surface area contributed by atoms with Crippen LogP contribution in [0.3, 0.4) is 0 Å². The van der Waals surface area contributed by atoms with Crippen molar-refractivity contribution >= 4 is 32.6 Å². The molecule has 1 heterocycles. The molecule has 0 nitrogen and oxygen atoms in total. The molecule has 0 unspecified atom stereocenters. The summed E-state index contributed by atoms with van der Waals surface area (Å²) >= 11 is -0.0823. The van der Waals surface area contributed by atoms with Crippen LogP contribution in [0.1, 0.15) is 136 Å². The summed E-state index contributed by atoms with van der Waals surface area (Å²) in [5, 5.41) is 2.38. The van der Waals surface area contributed by atoms with Gasteiger partial charge in [-0.1, -0.05) is 0 Å². The molecule has 1 rings (SSSR count). The van der Waals surface area contributed by atoms with E-state index in [2.05, 4.69) is 49.6 Å². The Bertz CT molecular complexity index is 412. The molecule has 0 aromatic carbocycles. The van der Waals surface area contributed by atoms with Crippen LogP contribution in [-0.2, 0) is 0 Å².